The molecule has 5 rings (SSSR count). The number of methoxy groups -OCH3 is 1. The molecule has 0 radical (unpaired) electrons. The normalized spacial score (nSPS) is 11.1. The lowest BCUT2D eigenvalue weighted by molar-refractivity contribution is 0.335. The van der Waals surface area contributed by atoms with Gasteiger partial charge in [-0.05, 0) is 26.0 Å². The minimum atomic E-state index is -0.739. The van der Waals surface area contributed by atoms with Crippen LogP contribution in [0.1, 0.15) is 18.2 Å². The molecule has 194 valence electrons. The van der Waals surface area contributed by atoms with E-state index >= 15 is 0 Å². The molecule has 5 aromatic rings. The van der Waals surface area contributed by atoms with Crippen molar-refractivity contribution in [2.75, 3.05) is 19.0 Å². The number of halogens is 3. The summed E-state index contributed by atoms with van der Waals surface area (Å²) >= 11 is 0. The highest BCUT2D eigenvalue weighted by Gasteiger charge is 2.20. The van der Waals surface area contributed by atoms with E-state index in [1.165, 1.54) is 18.0 Å². The van der Waals surface area contributed by atoms with Crippen LogP contribution in [0.15, 0.2) is 54.9 Å². The third-order valence-electron chi connectivity index (χ3n) is 5.82. The Kier molecular flexibility index (Phi) is 6.82. The molecule has 1 N–H and O–H groups in total. The highest BCUT2D eigenvalue weighted by Crippen LogP contribution is 2.32. The standard InChI is InChI=1S/C27H23F3N6O2/c1-4-38-16-10-19(28)18(20(29)11-16)14-36-23-8-6-5-7-17(23)25(35-36)27-32-13-24(37-3)26(34-27)33-22-9-15(2)31-12-21(22)30/h5-13H,4,14H2,1-3H3,(H,31,32,33,34). The molecule has 3 aromatic heterocycles. The Morgan fingerprint density at radius 1 is 0.974 bits per heavy atom. The fourth-order valence-electron chi connectivity index (χ4n) is 4.03. The van der Waals surface area contributed by atoms with Crippen LogP contribution < -0.4 is 14.8 Å². The maximum atomic E-state index is 14.8. The Morgan fingerprint density at radius 2 is 1.74 bits per heavy atom. The van der Waals surface area contributed by atoms with Gasteiger partial charge in [0, 0.05) is 28.8 Å². The van der Waals surface area contributed by atoms with E-state index < -0.39 is 17.5 Å². The third kappa shape index (κ3) is 4.82. The van der Waals surface area contributed by atoms with E-state index in [0.29, 0.717) is 22.3 Å². The summed E-state index contributed by atoms with van der Waals surface area (Å²) in [4.78, 5) is 12.9. The topological polar surface area (TPSA) is 87.0 Å². The molecule has 11 heteroatoms. The highest BCUT2D eigenvalue weighted by atomic mass is 19.1. The number of aromatic nitrogens is 5. The zero-order valence-corrected chi connectivity index (χ0v) is 20.8. The number of fused-ring (bicyclic) bond motifs is 1. The van der Waals surface area contributed by atoms with Crippen LogP contribution >= 0.6 is 0 Å². The molecule has 8 nitrogen and oxygen atoms in total. The van der Waals surface area contributed by atoms with Crippen molar-refractivity contribution in [1.29, 1.82) is 0 Å². The molecule has 0 saturated carbocycles. The molecule has 0 atom stereocenters. The van der Waals surface area contributed by atoms with Crippen LogP contribution in [0.2, 0.25) is 0 Å². The Hall–Kier alpha value is -4.67. The van der Waals surface area contributed by atoms with Gasteiger partial charge in [-0.15, -0.1) is 0 Å². The molecule has 0 bridgehead atoms. The highest BCUT2D eigenvalue weighted by molar-refractivity contribution is 5.92. The number of para-hydroxylation sites is 1. The summed E-state index contributed by atoms with van der Waals surface area (Å²) in [7, 11) is 1.45. The van der Waals surface area contributed by atoms with E-state index in [2.05, 4.69) is 25.4 Å². The summed E-state index contributed by atoms with van der Waals surface area (Å²) in [5, 5.41) is 8.20. The molecule has 0 amide bonds. The first-order chi connectivity index (χ1) is 18.4. The van der Waals surface area contributed by atoms with E-state index in [1.807, 2.05) is 12.1 Å². The number of pyridine rings is 1. The second-order valence-corrected chi connectivity index (χ2v) is 8.36. The number of rotatable bonds is 8. The van der Waals surface area contributed by atoms with Gasteiger partial charge in [0.15, 0.2) is 23.2 Å². The van der Waals surface area contributed by atoms with E-state index in [4.69, 9.17) is 9.47 Å². The van der Waals surface area contributed by atoms with Crippen LogP contribution in [-0.4, -0.2) is 38.4 Å². The minimum Gasteiger partial charge on any atom is -0.494 e. The zero-order valence-electron chi connectivity index (χ0n) is 20.8. The van der Waals surface area contributed by atoms with Gasteiger partial charge in [0.25, 0.3) is 0 Å². The zero-order chi connectivity index (χ0) is 26.8. The first kappa shape index (κ1) is 25.0. The van der Waals surface area contributed by atoms with Gasteiger partial charge in [-0.1, -0.05) is 18.2 Å². The van der Waals surface area contributed by atoms with Gasteiger partial charge in [-0.25, -0.2) is 23.1 Å². The molecule has 0 saturated heterocycles. The van der Waals surface area contributed by atoms with Crippen molar-refractivity contribution in [1.82, 2.24) is 24.7 Å². The molecular formula is C27H23F3N6O2. The van der Waals surface area contributed by atoms with Gasteiger partial charge in [-0.3, -0.25) is 9.67 Å². The van der Waals surface area contributed by atoms with Gasteiger partial charge in [0.05, 0.1) is 43.9 Å². The lowest BCUT2D eigenvalue weighted by atomic mass is 10.1. The number of aryl methyl sites for hydroxylation is 1. The van der Waals surface area contributed by atoms with E-state index in [-0.39, 0.29) is 47.5 Å². The Bertz CT molecular complexity index is 1620. The number of hydrogen-bond acceptors (Lipinski definition) is 7. The summed E-state index contributed by atoms with van der Waals surface area (Å²) < 4.78 is 56.1. The van der Waals surface area contributed by atoms with Crippen molar-refractivity contribution >= 4 is 22.4 Å². The summed E-state index contributed by atoms with van der Waals surface area (Å²) in [5.41, 5.74) is 1.62. The predicted octanol–water partition coefficient (Wildman–Crippen LogP) is 5.81. The lowest BCUT2D eigenvalue weighted by Gasteiger charge is -2.12. The molecule has 0 aliphatic carbocycles. The number of nitrogens with one attached hydrogen (secondary N) is 1. The van der Waals surface area contributed by atoms with Crippen molar-refractivity contribution in [2.45, 2.75) is 20.4 Å². The van der Waals surface area contributed by atoms with Crippen molar-refractivity contribution in [3.05, 3.63) is 83.6 Å². The average molecular weight is 521 g/mol. The molecule has 3 heterocycles. The number of benzene rings is 2. The molecule has 0 aliphatic rings. The van der Waals surface area contributed by atoms with Crippen LogP contribution in [-0.2, 0) is 6.54 Å². The Labute approximate surface area is 216 Å². The number of ether oxygens (including phenoxy) is 2. The van der Waals surface area contributed by atoms with Gasteiger partial charge in [0.1, 0.15) is 23.1 Å². The quantitative estimate of drug-likeness (QED) is 0.276. The fraction of sp³-hybridized carbons (Fsp3) is 0.185. The summed E-state index contributed by atoms with van der Waals surface area (Å²) in [6.45, 7) is 3.59. The second kappa shape index (κ2) is 10.4. The molecule has 0 spiro atoms. The first-order valence-corrected chi connectivity index (χ1v) is 11.7. The summed E-state index contributed by atoms with van der Waals surface area (Å²) in [6, 6.07) is 11.1. The molecule has 38 heavy (non-hydrogen) atoms. The summed E-state index contributed by atoms with van der Waals surface area (Å²) in [5.74, 6) is -1.22. The molecular weight excluding hydrogens is 497 g/mol. The lowest BCUT2D eigenvalue weighted by Crippen LogP contribution is -2.07. The van der Waals surface area contributed by atoms with Crippen LogP contribution in [0.4, 0.5) is 24.7 Å². The van der Waals surface area contributed by atoms with Crippen molar-refractivity contribution in [3.8, 4) is 23.0 Å². The van der Waals surface area contributed by atoms with Crippen molar-refractivity contribution in [3.63, 3.8) is 0 Å². The average Bonchev–Trinajstić information content (AvgIpc) is 3.27. The Morgan fingerprint density at radius 3 is 2.47 bits per heavy atom. The first-order valence-electron chi connectivity index (χ1n) is 11.7. The second-order valence-electron chi connectivity index (χ2n) is 8.36. The third-order valence-corrected chi connectivity index (χ3v) is 5.82. The van der Waals surface area contributed by atoms with Crippen molar-refractivity contribution in [2.24, 2.45) is 0 Å². The predicted molar refractivity (Wildman–Crippen MR) is 136 cm³/mol. The molecule has 0 unspecified atom stereocenters. The van der Waals surface area contributed by atoms with E-state index in [9.17, 15) is 13.2 Å². The van der Waals surface area contributed by atoms with E-state index in [1.54, 1.807) is 32.0 Å². The van der Waals surface area contributed by atoms with Crippen LogP contribution in [0, 0.1) is 24.4 Å². The molecule has 0 fully saturated rings. The maximum absolute atomic E-state index is 14.8. The molecule has 0 aliphatic heterocycles. The summed E-state index contributed by atoms with van der Waals surface area (Å²) in [6.07, 6.45) is 2.55. The SMILES string of the molecule is CCOc1cc(F)c(Cn2nc(-c3ncc(OC)c(Nc4cc(C)ncc4F)n3)c3ccccc32)c(F)c1. The van der Waals surface area contributed by atoms with Crippen LogP contribution in [0.3, 0.4) is 0 Å². The van der Waals surface area contributed by atoms with Gasteiger partial charge >= 0.3 is 0 Å². The molecule has 2 aromatic carbocycles. The fourth-order valence-corrected chi connectivity index (χ4v) is 4.03. The van der Waals surface area contributed by atoms with Gasteiger partial charge in [-0.2, -0.15) is 5.10 Å². The number of nitrogens with zero attached hydrogens (tertiary/aromatic N) is 5. The monoisotopic (exact) mass is 520 g/mol. The number of hydrogen-bond donors (Lipinski definition) is 1. The smallest absolute Gasteiger partial charge is 0.183 e. The largest absolute Gasteiger partial charge is 0.494 e. The maximum Gasteiger partial charge on any atom is 0.183 e. The Balaban J connectivity index is 1.57. The van der Waals surface area contributed by atoms with Crippen LogP contribution in [0.5, 0.6) is 11.5 Å². The number of anilines is 2. The van der Waals surface area contributed by atoms with Gasteiger partial charge < -0.3 is 14.8 Å². The van der Waals surface area contributed by atoms with Gasteiger partial charge in [0.2, 0.25) is 0 Å². The minimum absolute atomic E-state index is 0.116. The van der Waals surface area contributed by atoms with Crippen molar-refractivity contribution < 1.29 is 22.6 Å². The van der Waals surface area contributed by atoms with E-state index in [0.717, 1.165) is 18.3 Å². The van der Waals surface area contributed by atoms with Crippen LogP contribution in [0.25, 0.3) is 22.4 Å².